The van der Waals surface area contributed by atoms with E-state index in [9.17, 15) is 4.79 Å². The molecule has 0 bridgehead atoms. The van der Waals surface area contributed by atoms with E-state index in [0.717, 1.165) is 0 Å². The first-order valence-corrected chi connectivity index (χ1v) is 6.10. The van der Waals surface area contributed by atoms with Gasteiger partial charge in [0.1, 0.15) is 6.04 Å². The molecule has 0 saturated heterocycles. The summed E-state index contributed by atoms with van der Waals surface area (Å²) in [5.41, 5.74) is 2.67. The molecular formula is C14H19NO2. The van der Waals surface area contributed by atoms with Crippen LogP contribution in [0.3, 0.4) is 0 Å². The third-order valence-corrected chi connectivity index (χ3v) is 3.51. The zero-order chi connectivity index (χ0) is 12.4. The largest absolute Gasteiger partial charge is 0.480 e. The quantitative estimate of drug-likeness (QED) is 0.849. The van der Waals surface area contributed by atoms with E-state index in [4.69, 9.17) is 5.11 Å². The van der Waals surface area contributed by atoms with Gasteiger partial charge in [0, 0.05) is 6.54 Å². The highest BCUT2D eigenvalue weighted by Gasteiger charge is 2.26. The standard InChI is InChI=1S/C14H19NO2/c1-10(14(16)17)15(2)9-12-5-3-4-6-13(12)11-7-8-11/h3-6,10-11H,7-9H2,1-2H3,(H,16,17). The Morgan fingerprint density at radius 1 is 1.47 bits per heavy atom. The molecule has 1 unspecified atom stereocenters. The minimum Gasteiger partial charge on any atom is -0.480 e. The Labute approximate surface area is 102 Å². The van der Waals surface area contributed by atoms with Crippen molar-refractivity contribution < 1.29 is 9.90 Å². The number of nitrogens with zero attached hydrogens (tertiary/aromatic N) is 1. The molecule has 0 radical (unpaired) electrons. The van der Waals surface area contributed by atoms with E-state index in [-0.39, 0.29) is 0 Å². The number of carboxylic acids is 1. The second-order valence-electron chi connectivity index (χ2n) is 4.90. The molecule has 1 atom stereocenters. The van der Waals surface area contributed by atoms with Gasteiger partial charge < -0.3 is 5.11 Å². The lowest BCUT2D eigenvalue weighted by molar-refractivity contribution is -0.142. The van der Waals surface area contributed by atoms with E-state index in [1.807, 2.05) is 18.0 Å². The van der Waals surface area contributed by atoms with Gasteiger partial charge in [-0.25, -0.2) is 0 Å². The Balaban J connectivity index is 2.10. The number of rotatable bonds is 5. The normalized spacial score (nSPS) is 17.1. The van der Waals surface area contributed by atoms with Gasteiger partial charge in [0.25, 0.3) is 0 Å². The third kappa shape index (κ3) is 2.86. The molecule has 1 N–H and O–H groups in total. The van der Waals surface area contributed by atoms with Crippen molar-refractivity contribution in [3.05, 3.63) is 35.4 Å². The minimum absolute atomic E-state index is 0.442. The molecular weight excluding hydrogens is 214 g/mol. The van der Waals surface area contributed by atoms with Crippen LogP contribution in [0.2, 0.25) is 0 Å². The molecule has 1 fully saturated rings. The van der Waals surface area contributed by atoms with E-state index in [2.05, 4.69) is 18.2 Å². The maximum Gasteiger partial charge on any atom is 0.320 e. The first kappa shape index (κ1) is 12.1. The Morgan fingerprint density at radius 3 is 2.71 bits per heavy atom. The topological polar surface area (TPSA) is 40.5 Å². The third-order valence-electron chi connectivity index (χ3n) is 3.51. The number of benzene rings is 1. The number of carboxylic acid groups (broad SMARTS) is 1. The lowest BCUT2D eigenvalue weighted by Gasteiger charge is -2.22. The van der Waals surface area contributed by atoms with E-state index in [0.29, 0.717) is 12.5 Å². The predicted octanol–water partition coefficient (Wildman–Crippen LogP) is 2.47. The minimum atomic E-state index is -0.767. The lowest BCUT2D eigenvalue weighted by atomic mass is 10.0. The Bertz CT molecular complexity index is 412. The fourth-order valence-corrected chi connectivity index (χ4v) is 2.06. The summed E-state index contributed by atoms with van der Waals surface area (Å²) >= 11 is 0. The molecule has 3 nitrogen and oxygen atoms in total. The summed E-state index contributed by atoms with van der Waals surface area (Å²) in [6.07, 6.45) is 2.55. The van der Waals surface area contributed by atoms with E-state index >= 15 is 0 Å². The monoisotopic (exact) mass is 233 g/mol. The van der Waals surface area contributed by atoms with Crippen molar-refractivity contribution in [2.45, 2.75) is 38.3 Å². The van der Waals surface area contributed by atoms with Crippen molar-refractivity contribution in [3.63, 3.8) is 0 Å². The first-order chi connectivity index (χ1) is 8.09. The molecule has 2 rings (SSSR count). The van der Waals surface area contributed by atoms with Gasteiger partial charge in [0.15, 0.2) is 0 Å². The van der Waals surface area contributed by atoms with Crippen LogP contribution >= 0.6 is 0 Å². The highest BCUT2D eigenvalue weighted by Crippen LogP contribution is 2.41. The summed E-state index contributed by atoms with van der Waals surface area (Å²) in [5.74, 6) is -0.0591. The SMILES string of the molecule is CC(C(=O)O)N(C)Cc1ccccc1C1CC1. The number of hydrogen-bond donors (Lipinski definition) is 1. The van der Waals surface area contributed by atoms with Crippen LogP contribution in [0.25, 0.3) is 0 Å². The zero-order valence-electron chi connectivity index (χ0n) is 10.4. The first-order valence-electron chi connectivity index (χ1n) is 6.10. The maximum absolute atomic E-state index is 10.9. The second kappa shape index (κ2) is 4.88. The second-order valence-corrected chi connectivity index (χ2v) is 4.90. The Kier molecular flexibility index (Phi) is 3.48. The molecule has 1 saturated carbocycles. The Hall–Kier alpha value is -1.35. The van der Waals surface area contributed by atoms with Crippen LogP contribution in [0, 0.1) is 0 Å². The van der Waals surface area contributed by atoms with Crippen LogP contribution in [0.1, 0.15) is 36.8 Å². The number of likely N-dealkylation sites (N-methyl/N-ethyl adjacent to an activating group) is 1. The van der Waals surface area contributed by atoms with Crippen molar-refractivity contribution >= 4 is 5.97 Å². The van der Waals surface area contributed by atoms with Crippen molar-refractivity contribution in [3.8, 4) is 0 Å². The summed E-state index contributed by atoms with van der Waals surface area (Å²) in [6, 6.07) is 7.94. The van der Waals surface area contributed by atoms with E-state index in [1.54, 1.807) is 6.92 Å². The molecule has 1 aromatic rings. The summed E-state index contributed by atoms with van der Waals surface area (Å²) < 4.78 is 0. The molecule has 17 heavy (non-hydrogen) atoms. The number of hydrogen-bond acceptors (Lipinski definition) is 2. The van der Waals surface area contributed by atoms with Crippen LogP contribution in [0.4, 0.5) is 0 Å². The van der Waals surface area contributed by atoms with Gasteiger partial charge in [0.05, 0.1) is 0 Å². The number of carbonyl (C=O) groups is 1. The summed E-state index contributed by atoms with van der Waals surface area (Å²) in [4.78, 5) is 12.8. The molecule has 0 heterocycles. The van der Waals surface area contributed by atoms with Crippen LogP contribution in [0.15, 0.2) is 24.3 Å². The molecule has 3 heteroatoms. The fraction of sp³-hybridized carbons (Fsp3) is 0.500. The van der Waals surface area contributed by atoms with Gasteiger partial charge >= 0.3 is 5.97 Å². The van der Waals surface area contributed by atoms with Gasteiger partial charge in [-0.2, -0.15) is 0 Å². The van der Waals surface area contributed by atoms with Gasteiger partial charge in [0.2, 0.25) is 0 Å². The summed E-state index contributed by atoms with van der Waals surface area (Å²) in [5, 5.41) is 8.98. The average molecular weight is 233 g/mol. The van der Waals surface area contributed by atoms with Crippen LogP contribution in [-0.2, 0) is 11.3 Å². The van der Waals surface area contributed by atoms with E-state index < -0.39 is 12.0 Å². The number of aliphatic carboxylic acids is 1. The van der Waals surface area contributed by atoms with E-state index in [1.165, 1.54) is 24.0 Å². The van der Waals surface area contributed by atoms with Gasteiger partial charge in [-0.05, 0) is 43.9 Å². The highest BCUT2D eigenvalue weighted by molar-refractivity contribution is 5.72. The van der Waals surface area contributed by atoms with Crippen molar-refractivity contribution in [1.29, 1.82) is 0 Å². The molecule has 0 spiro atoms. The molecule has 1 aromatic carbocycles. The zero-order valence-corrected chi connectivity index (χ0v) is 10.4. The van der Waals surface area contributed by atoms with Gasteiger partial charge in [-0.3, -0.25) is 9.69 Å². The summed E-state index contributed by atoms with van der Waals surface area (Å²) in [6.45, 7) is 2.43. The molecule has 0 amide bonds. The Morgan fingerprint density at radius 2 is 2.12 bits per heavy atom. The fourth-order valence-electron chi connectivity index (χ4n) is 2.06. The van der Waals surface area contributed by atoms with Crippen LogP contribution < -0.4 is 0 Å². The predicted molar refractivity (Wildman–Crippen MR) is 67.0 cm³/mol. The molecule has 0 aromatic heterocycles. The summed E-state index contributed by atoms with van der Waals surface area (Å²) in [7, 11) is 1.86. The average Bonchev–Trinajstić information content (AvgIpc) is 3.12. The molecule has 92 valence electrons. The van der Waals surface area contributed by atoms with Crippen molar-refractivity contribution in [2.75, 3.05) is 7.05 Å². The smallest absolute Gasteiger partial charge is 0.320 e. The lowest BCUT2D eigenvalue weighted by Crippen LogP contribution is -2.35. The maximum atomic E-state index is 10.9. The van der Waals surface area contributed by atoms with Crippen molar-refractivity contribution in [2.24, 2.45) is 0 Å². The molecule has 1 aliphatic rings. The van der Waals surface area contributed by atoms with Crippen molar-refractivity contribution in [1.82, 2.24) is 4.90 Å². The van der Waals surface area contributed by atoms with Gasteiger partial charge in [-0.1, -0.05) is 24.3 Å². The highest BCUT2D eigenvalue weighted by atomic mass is 16.4. The van der Waals surface area contributed by atoms with Gasteiger partial charge in [-0.15, -0.1) is 0 Å². The molecule has 1 aliphatic carbocycles. The van der Waals surface area contributed by atoms with Crippen LogP contribution in [0.5, 0.6) is 0 Å². The van der Waals surface area contributed by atoms with Crippen LogP contribution in [-0.4, -0.2) is 29.1 Å². The molecule has 0 aliphatic heterocycles.